The number of carbonyl (C=O) groups is 3. The quantitative estimate of drug-likeness (QED) is 0.203. The van der Waals surface area contributed by atoms with E-state index < -0.39 is 0 Å². The summed E-state index contributed by atoms with van der Waals surface area (Å²) in [5.41, 5.74) is 9.78. The smallest absolute Gasteiger partial charge is 0.235 e. The van der Waals surface area contributed by atoms with Crippen LogP contribution in [0.15, 0.2) is 48.7 Å². The van der Waals surface area contributed by atoms with Crippen molar-refractivity contribution in [3.05, 3.63) is 59.4 Å². The minimum Gasteiger partial charge on any atom is -0.399 e. The van der Waals surface area contributed by atoms with Gasteiger partial charge in [0.1, 0.15) is 5.02 Å². The molecule has 7 rings (SSSR count). The number of amides is 3. The molecule has 2 unspecified atom stereocenters. The molecule has 3 amide bonds. The molecular weight excluding hydrogens is 606 g/mol. The molecule has 3 fully saturated rings. The van der Waals surface area contributed by atoms with E-state index in [1.807, 2.05) is 48.3 Å². The Bertz CT molecular complexity index is 1790. The summed E-state index contributed by atoms with van der Waals surface area (Å²) in [7, 11) is 1.82. The number of piperidine rings is 2. The zero-order chi connectivity index (χ0) is 32.4. The van der Waals surface area contributed by atoms with E-state index in [9.17, 15) is 14.4 Å². The number of nitrogens with one attached hydrogen (secondary N) is 2. The van der Waals surface area contributed by atoms with Crippen LogP contribution < -0.4 is 26.2 Å². The van der Waals surface area contributed by atoms with Gasteiger partial charge in [0.2, 0.25) is 23.7 Å². The second kappa shape index (κ2) is 13.3. The number of aryl methyl sites for hydroxylation is 1. The van der Waals surface area contributed by atoms with Crippen molar-refractivity contribution < 1.29 is 14.4 Å². The Labute approximate surface area is 272 Å². The van der Waals surface area contributed by atoms with Crippen LogP contribution in [0.3, 0.4) is 0 Å². The number of benzene rings is 2. The van der Waals surface area contributed by atoms with Gasteiger partial charge in [-0.3, -0.25) is 24.4 Å². The van der Waals surface area contributed by atoms with Gasteiger partial charge >= 0.3 is 0 Å². The van der Waals surface area contributed by atoms with Crippen LogP contribution >= 0.6 is 11.6 Å². The zero-order valence-electron chi connectivity index (χ0n) is 26.0. The molecule has 0 bridgehead atoms. The molecule has 0 aliphatic carbocycles. The van der Waals surface area contributed by atoms with Gasteiger partial charge in [-0.05, 0) is 68.0 Å². The van der Waals surface area contributed by atoms with Crippen molar-refractivity contribution in [2.45, 2.75) is 51.4 Å². The molecular formula is C33H38ClN9O3. The highest BCUT2D eigenvalue weighted by molar-refractivity contribution is 6.32. The van der Waals surface area contributed by atoms with Crippen molar-refractivity contribution >= 4 is 69.1 Å². The third kappa shape index (κ3) is 6.76. The Balaban J connectivity index is 0.000000172. The van der Waals surface area contributed by atoms with Crippen LogP contribution in [0.2, 0.25) is 5.02 Å². The molecule has 4 aromatic rings. The number of nitrogens with zero attached hydrogens (tertiary/aromatic N) is 6. The Kier molecular flexibility index (Phi) is 9.07. The average Bonchev–Trinajstić information content (AvgIpc) is 3.61. The summed E-state index contributed by atoms with van der Waals surface area (Å²) < 4.78 is 1.71. The number of nitrogens with two attached hydrogens (primary N) is 1. The molecule has 4 N–H and O–H groups in total. The predicted octanol–water partition coefficient (Wildman–Crippen LogP) is 4.91. The molecule has 46 heavy (non-hydrogen) atoms. The number of imide groups is 1. The molecule has 2 aromatic carbocycles. The highest BCUT2D eigenvalue weighted by Crippen LogP contribution is 2.32. The summed E-state index contributed by atoms with van der Waals surface area (Å²) in [4.78, 5) is 48.2. The second-order valence-electron chi connectivity index (χ2n) is 12.2. The lowest BCUT2D eigenvalue weighted by Crippen LogP contribution is -2.39. The van der Waals surface area contributed by atoms with Gasteiger partial charge in [-0.15, -0.1) is 0 Å². The SMILES string of the molecule is CC1CCCN(c2nc(Nc3cccc(N4CCCC4=O)c3)ncc2Cl)C1.Cn1nc(C2CCC(=O)NC2=O)c2ccc(N)cc21. The van der Waals surface area contributed by atoms with Crippen molar-refractivity contribution in [3.8, 4) is 0 Å². The van der Waals surface area contributed by atoms with Crippen molar-refractivity contribution in [1.29, 1.82) is 0 Å². The van der Waals surface area contributed by atoms with Crippen molar-refractivity contribution in [1.82, 2.24) is 25.1 Å². The summed E-state index contributed by atoms with van der Waals surface area (Å²) in [5, 5.41) is 11.5. The van der Waals surface area contributed by atoms with E-state index in [0.717, 1.165) is 60.6 Å². The third-order valence-electron chi connectivity index (χ3n) is 8.64. The summed E-state index contributed by atoms with van der Waals surface area (Å²) >= 11 is 6.37. The van der Waals surface area contributed by atoms with Crippen molar-refractivity contribution in [2.75, 3.05) is 40.5 Å². The zero-order valence-corrected chi connectivity index (χ0v) is 26.8. The molecule has 0 saturated carbocycles. The van der Waals surface area contributed by atoms with Crippen LogP contribution in [-0.4, -0.2) is 57.1 Å². The molecule has 5 heterocycles. The molecule has 12 nitrogen and oxygen atoms in total. The Morgan fingerprint density at radius 3 is 2.65 bits per heavy atom. The number of hydrogen-bond donors (Lipinski definition) is 3. The number of rotatable bonds is 5. The third-order valence-corrected chi connectivity index (χ3v) is 8.91. The first kappa shape index (κ1) is 31.3. The van der Waals surface area contributed by atoms with Gasteiger partial charge in [-0.25, -0.2) is 4.98 Å². The minimum atomic E-state index is -0.370. The van der Waals surface area contributed by atoms with E-state index in [-0.39, 0.29) is 23.6 Å². The first-order valence-electron chi connectivity index (χ1n) is 15.7. The summed E-state index contributed by atoms with van der Waals surface area (Å²) in [6, 6.07) is 13.3. The highest BCUT2D eigenvalue weighted by atomic mass is 35.5. The maximum Gasteiger partial charge on any atom is 0.235 e. The Morgan fingerprint density at radius 2 is 1.89 bits per heavy atom. The van der Waals surface area contributed by atoms with Crippen LogP contribution in [0.4, 0.5) is 28.8 Å². The van der Waals surface area contributed by atoms with Crippen LogP contribution in [0, 0.1) is 5.92 Å². The fourth-order valence-electron chi connectivity index (χ4n) is 6.34. The largest absolute Gasteiger partial charge is 0.399 e. The molecule has 2 atom stereocenters. The molecule has 13 heteroatoms. The van der Waals surface area contributed by atoms with Gasteiger partial charge in [0.15, 0.2) is 5.82 Å². The van der Waals surface area contributed by atoms with Crippen LogP contribution in [0.25, 0.3) is 10.9 Å². The molecule has 2 aromatic heterocycles. The lowest BCUT2D eigenvalue weighted by molar-refractivity contribution is -0.134. The fraction of sp³-hybridized carbons (Fsp3) is 0.394. The van der Waals surface area contributed by atoms with Gasteiger partial charge in [0.05, 0.1) is 23.3 Å². The van der Waals surface area contributed by atoms with Gasteiger partial charge in [-0.1, -0.05) is 24.6 Å². The number of aromatic nitrogens is 4. The normalized spacial score (nSPS) is 20.0. The molecule has 3 aliphatic heterocycles. The standard InChI is InChI=1S/C20H24ClN5O.C13H14N4O2/c1-14-5-3-9-25(13-14)19-17(21)12-22-20(24-19)23-15-6-2-7-16(11-15)26-10-4-8-18(26)27;1-17-10-6-7(14)2-3-8(10)12(16-17)9-4-5-11(18)15-13(9)19/h2,6-7,11-12,14H,3-5,8-10,13H2,1H3,(H,22,23,24);2-3,6,9H,4-5,14H2,1H3,(H,15,18,19). The highest BCUT2D eigenvalue weighted by Gasteiger charge is 2.31. The number of halogens is 1. The molecule has 0 spiro atoms. The average molecular weight is 644 g/mol. The van der Waals surface area contributed by atoms with Gasteiger partial charge in [0.25, 0.3) is 0 Å². The fourth-order valence-corrected chi connectivity index (χ4v) is 6.55. The molecule has 3 saturated heterocycles. The predicted molar refractivity (Wildman–Crippen MR) is 179 cm³/mol. The Hall–Kier alpha value is -4.71. The van der Waals surface area contributed by atoms with Crippen LogP contribution in [0.1, 0.15) is 57.1 Å². The summed E-state index contributed by atoms with van der Waals surface area (Å²) in [5.74, 6) is 1.25. The van der Waals surface area contributed by atoms with E-state index in [0.29, 0.717) is 47.5 Å². The molecule has 240 valence electrons. The lowest BCUT2D eigenvalue weighted by Gasteiger charge is -2.32. The maximum atomic E-state index is 12.0. The van der Waals surface area contributed by atoms with Crippen molar-refractivity contribution in [3.63, 3.8) is 0 Å². The summed E-state index contributed by atoms with van der Waals surface area (Å²) in [6.45, 7) is 4.96. The number of anilines is 5. The van der Waals surface area contributed by atoms with E-state index in [1.165, 1.54) is 6.42 Å². The second-order valence-corrected chi connectivity index (χ2v) is 12.6. The monoisotopic (exact) mass is 643 g/mol. The maximum absolute atomic E-state index is 12.0. The first-order valence-corrected chi connectivity index (χ1v) is 16.0. The summed E-state index contributed by atoms with van der Waals surface area (Å²) in [6.07, 6.45) is 6.43. The van der Waals surface area contributed by atoms with Gasteiger partial charge in [0, 0.05) is 62.0 Å². The minimum absolute atomic E-state index is 0.177. The first-order chi connectivity index (χ1) is 22.2. The number of fused-ring (bicyclic) bond motifs is 1. The number of hydrogen-bond acceptors (Lipinski definition) is 9. The van der Waals surface area contributed by atoms with E-state index in [1.54, 1.807) is 16.9 Å². The lowest BCUT2D eigenvalue weighted by atomic mass is 9.93. The van der Waals surface area contributed by atoms with Gasteiger partial charge < -0.3 is 20.9 Å². The van der Waals surface area contributed by atoms with Gasteiger partial charge in [-0.2, -0.15) is 10.1 Å². The van der Waals surface area contributed by atoms with Crippen LogP contribution in [-0.2, 0) is 21.4 Å². The topological polar surface area (TPSA) is 151 Å². The Morgan fingerprint density at radius 1 is 1.04 bits per heavy atom. The van der Waals surface area contributed by atoms with E-state index >= 15 is 0 Å². The van der Waals surface area contributed by atoms with E-state index in [2.05, 4.69) is 37.5 Å². The number of carbonyl (C=O) groups excluding carboxylic acids is 3. The number of nitrogen functional groups attached to an aromatic ring is 1. The van der Waals surface area contributed by atoms with Crippen molar-refractivity contribution in [2.24, 2.45) is 13.0 Å². The molecule has 0 radical (unpaired) electrons. The van der Waals surface area contributed by atoms with E-state index in [4.69, 9.17) is 17.3 Å². The van der Waals surface area contributed by atoms with Crippen LogP contribution in [0.5, 0.6) is 0 Å². The molecule has 3 aliphatic rings.